The lowest BCUT2D eigenvalue weighted by Gasteiger charge is -2.25. The Morgan fingerprint density at radius 3 is 2.52 bits per heavy atom. The summed E-state index contributed by atoms with van der Waals surface area (Å²) in [5, 5.41) is 11.7. The fraction of sp³-hybridized carbons (Fsp3) is 0.194. The first kappa shape index (κ1) is 32.6. The average Bonchev–Trinajstić information content (AvgIpc) is 3.31. The molecule has 0 amide bonds. The molecular formula is C31H23BrF3N3O7S. The summed E-state index contributed by atoms with van der Waals surface area (Å²) in [5.41, 5.74) is -1.29. The summed E-state index contributed by atoms with van der Waals surface area (Å²) in [4.78, 5) is 42.8. The third-order valence-electron chi connectivity index (χ3n) is 6.91. The van der Waals surface area contributed by atoms with E-state index in [0.29, 0.717) is 33.6 Å². The van der Waals surface area contributed by atoms with Crippen LogP contribution in [0.25, 0.3) is 6.08 Å². The number of hydrogen-bond acceptors (Lipinski definition) is 9. The number of esters is 1. The predicted molar refractivity (Wildman–Crippen MR) is 166 cm³/mol. The normalized spacial score (nSPS) is 14.8. The standard InChI is InChI=1S/C31H23BrF3N3O7S/c1-4-44-29(40)26-16(2)36-30-37(27(26)20-7-5-6-8-23(20)43-3)28(39)25(46-30)14-17-13-19(32)10-12-22(17)45-24-11-9-18(31(33,34)35)15-21(24)38(41)42/h5-15,27H,4H2,1-3H3/b25-14-/t27-/m1/s1. The molecule has 1 aromatic heterocycles. The van der Waals surface area contributed by atoms with Gasteiger partial charge in [0.15, 0.2) is 4.80 Å². The van der Waals surface area contributed by atoms with Crippen molar-refractivity contribution in [2.75, 3.05) is 13.7 Å². The summed E-state index contributed by atoms with van der Waals surface area (Å²) in [6.07, 6.45) is -3.32. The number of carbonyl (C=O) groups excluding carboxylic acids is 1. The Hall–Kier alpha value is -4.76. The molecule has 2 heterocycles. The Labute approximate surface area is 271 Å². The molecule has 15 heteroatoms. The Kier molecular flexibility index (Phi) is 9.17. The number of rotatable bonds is 8. The minimum Gasteiger partial charge on any atom is -0.496 e. The maximum Gasteiger partial charge on any atom is 0.416 e. The molecule has 0 saturated heterocycles. The van der Waals surface area contributed by atoms with Gasteiger partial charge in [-0.05, 0) is 56.3 Å². The van der Waals surface area contributed by atoms with Gasteiger partial charge in [-0.1, -0.05) is 45.5 Å². The molecule has 238 valence electrons. The van der Waals surface area contributed by atoms with Crippen molar-refractivity contribution in [1.29, 1.82) is 0 Å². The van der Waals surface area contributed by atoms with Gasteiger partial charge in [-0.3, -0.25) is 19.5 Å². The lowest BCUT2D eigenvalue weighted by Crippen LogP contribution is -2.40. The van der Waals surface area contributed by atoms with Gasteiger partial charge in [0.05, 0.1) is 40.0 Å². The molecule has 0 bridgehead atoms. The average molecular weight is 719 g/mol. The van der Waals surface area contributed by atoms with Crippen LogP contribution in [0.15, 0.2) is 86.2 Å². The lowest BCUT2D eigenvalue weighted by molar-refractivity contribution is -0.385. The minimum absolute atomic E-state index is 0.0292. The molecule has 5 rings (SSSR count). The number of fused-ring (bicyclic) bond motifs is 1. The number of carbonyl (C=O) groups is 1. The molecule has 0 unspecified atom stereocenters. The number of ether oxygens (including phenoxy) is 3. The van der Waals surface area contributed by atoms with Crippen LogP contribution >= 0.6 is 27.3 Å². The zero-order valence-corrected chi connectivity index (χ0v) is 26.7. The van der Waals surface area contributed by atoms with E-state index < -0.39 is 45.7 Å². The molecule has 0 saturated carbocycles. The number of benzene rings is 3. The van der Waals surface area contributed by atoms with E-state index in [1.807, 2.05) is 0 Å². The molecule has 0 N–H and O–H groups in total. The van der Waals surface area contributed by atoms with E-state index >= 15 is 0 Å². The number of aromatic nitrogens is 1. The van der Waals surface area contributed by atoms with Gasteiger partial charge in [0.2, 0.25) is 5.75 Å². The molecule has 0 spiro atoms. The van der Waals surface area contributed by atoms with E-state index in [1.54, 1.807) is 50.2 Å². The smallest absolute Gasteiger partial charge is 0.416 e. The van der Waals surface area contributed by atoms with Gasteiger partial charge in [-0.2, -0.15) is 13.2 Å². The lowest BCUT2D eigenvalue weighted by atomic mass is 9.95. The summed E-state index contributed by atoms with van der Waals surface area (Å²) >= 11 is 4.39. The highest BCUT2D eigenvalue weighted by molar-refractivity contribution is 9.10. The molecule has 1 aliphatic rings. The van der Waals surface area contributed by atoms with Crippen LogP contribution in [0.2, 0.25) is 0 Å². The summed E-state index contributed by atoms with van der Waals surface area (Å²) in [6, 6.07) is 12.5. The number of thiazole rings is 1. The van der Waals surface area contributed by atoms with Gasteiger partial charge in [-0.25, -0.2) is 9.79 Å². The van der Waals surface area contributed by atoms with Gasteiger partial charge in [0, 0.05) is 21.7 Å². The van der Waals surface area contributed by atoms with Crippen LogP contribution < -0.4 is 24.4 Å². The van der Waals surface area contributed by atoms with Gasteiger partial charge >= 0.3 is 17.8 Å². The molecule has 1 aliphatic heterocycles. The Morgan fingerprint density at radius 1 is 1.13 bits per heavy atom. The first-order chi connectivity index (χ1) is 21.8. The fourth-order valence-corrected chi connectivity index (χ4v) is 6.30. The largest absolute Gasteiger partial charge is 0.496 e. The first-order valence-electron chi connectivity index (χ1n) is 13.5. The van der Waals surface area contributed by atoms with E-state index in [2.05, 4.69) is 20.9 Å². The summed E-state index contributed by atoms with van der Waals surface area (Å²) < 4.78 is 58.5. The fourth-order valence-electron chi connectivity index (χ4n) is 4.89. The van der Waals surface area contributed by atoms with Crippen molar-refractivity contribution >= 4 is 45.0 Å². The number of nitro groups is 1. The number of nitrogens with zero attached hydrogens (tertiary/aromatic N) is 3. The zero-order chi connectivity index (χ0) is 33.3. The van der Waals surface area contributed by atoms with Crippen molar-refractivity contribution < 1.29 is 37.1 Å². The molecule has 0 radical (unpaired) electrons. The summed E-state index contributed by atoms with van der Waals surface area (Å²) in [5.74, 6) is -0.613. The number of halogens is 4. The van der Waals surface area contributed by atoms with Crippen LogP contribution in [-0.4, -0.2) is 29.2 Å². The van der Waals surface area contributed by atoms with Crippen molar-refractivity contribution in [1.82, 2.24) is 4.57 Å². The van der Waals surface area contributed by atoms with Gasteiger partial charge in [0.1, 0.15) is 17.5 Å². The Bertz CT molecular complexity index is 2090. The van der Waals surface area contributed by atoms with Gasteiger partial charge in [0.25, 0.3) is 5.56 Å². The molecule has 10 nitrogen and oxygen atoms in total. The third kappa shape index (κ3) is 6.33. The van der Waals surface area contributed by atoms with Crippen molar-refractivity contribution in [3.8, 4) is 17.2 Å². The SMILES string of the molecule is CCOC(=O)C1=C(C)N=c2s/c(=C\c3cc(Br)ccc3Oc3ccc(C(F)(F)F)cc3[N+](=O)[O-])c(=O)n2[C@@H]1c1ccccc1OC. The molecule has 4 aromatic rings. The number of para-hydroxylation sites is 1. The second-order valence-electron chi connectivity index (χ2n) is 9.77. The first-order valence-corrected chi connectivity index (χ1v) is 15.1. The topological polar surface area (TPSA) is 122 Å². The highest BCUT2D eigenvalue weighted by atomic mass is 79.9. The second-order valence-corrected chi connectivity index (χ2v) is 11.7. The van der Waals surface area contributed by atoms with Crippen molar-refractivity contribution in [2.45, 2.75) is 26.1 Å². The number of alkyl halides is 3. The monoisotopic (exact) mass is 717 g/mol. The molecule has 3 aromatic carbocycles. The Morgan fingerprint density at radius 2 is 1.85 bits per heavy atom. The molecule has 46 heavy (non-hydrogen) atoms. The molecule has 0 aliphatic carbocycles. The van der Waals surface area contributed by atoms with Crippen LogP contribution in [-0.2, 0) is 15.7 Å². The highest BCUT2D eigenvalue weighted by Gasteiger charge is 2.36. The molecule has 1 atom stereocenters. The number of nitro benzene ring substituents is 1. The quantitative estimate of drug-likeness (QED) is 0.119. The molecular weight excluding hydrogens is 695 g/mol. The number of allylic oxidation sites excluding steroid dienone is 1. The number of hydrogen-bond donors (Lipinski definition) is 0. The van der Waals surface area contributed by atoms with E-state index in [-0.39, 0.29) is 32.8 Å². The van der Waals surface area contributed by atoms with Crippen LogP contribution in [0.4, 0.5) is 18.9 Å². The predicted octanol–water partition coefficient (Wildman–Crippen LogP) is 6.29. The minimum atomic E-state index is -4.80. The van der Waals surface area contributed by atoms with Gasteiger partial charge in [-0.15, -0.1) is 0 Å². The van der Waals surface area contributed by atoms with Crippen LogP contribution in [0, 0.1) is 10.1 Å². The van der Waals surface area contributed by atoms with Crippen LogP contribution in [0.5, 0.6) is 17.2 Å². The van der Waals surface area contributed by atoms with E-state index in [0.717, 1.165) is 17.4 Å². The maximum absolute atomic E-state index is 14.1. The maximum atomic E-state index is 14.1. The third-order valence-corrected chi connectivity index (χ3v) is 8.39. The highest BCUT2D eigenvalue weighted by Crippen LogP contribution is 2.39. The van der Waals surface area contributed by atoms with Crippen LogP contribution in [0.1, 0.15) is 36.6 Å². The summed E-state index contributed by atoms with van der Waals surface area (Å²) in [7, 11) is 1.47. The van der Waals surface area contributed by atoms with E-state index in [9.17, 15) is 32.9 Å². The van der Waals surface area contributed by atoms with E-state index in [4.69, 9.17) is 14.2 Å². The molecule has 0 fully saturated rings. The van der Waals surface area contributed by atoms with Crippen molar-refractivity contribution in [2.24, 2.45) is 4.99 Å². The van der Waals surface area contributed by atoms with Crippen molar-refractivity contribution in [3.63, 3.8) is 0 Å². The Balaban J connectivity index is 1.68. The zero-order valence-electron chi connectivity index (χ0n) is 24.3. The van der Waals surface area contributed by atoms with Gasteiger partial charge < -0.3 is 14.2 Å². The summed E-state index contributed by atoms with van der Waals surface area (Å²) in [6.45, 7) is 3.41. The van der Waals surface area contributed by atoms with E-state index in [1.165, 1.54) is 23.8 Å². The van der Waals surface area contributed by atoms with Crippen molar-refractivity contribution in [3.05, 3.63) is 123 Å². The number of methoxy groups -OCH3 is 1. The second kappa shape index (κ2) is 12.9. The van der Waals surface area contributed by atoms with Crippen LogP contribution in [0.3, 0.4) is 0 Å².